The molecule has 3 aliphatic rings. The summed E-state index contributed by atoms with van der Waals surface area (Å²) in [5, 5.41) is 18.9. The molecule has 0 radical (unpaired) electrons. The van der Waals surface area contributed by atoms with Gasteiger partial charge in [-0.2, -0.15) is 13.2 Å². The zero-order valence-corrected chi connectivity index (χ0v) is 21.6. The molecule has 0 spiro atoms. The molecule has 39 heavy (non-hydrogen) atoms. The molecule has 1 heterocycles. The minimum Gasteiger partial charge on any atom is -0.484 e. The lowest BCUT2D eigenvalue weighted by atomic mass is 9.68. The van der Waals surface area contributed by atoms with Crippen LogP contribution in [0.3, 0.4) is 0 Å². The molecule has 0 amide bonds. The third-order valence-corrected chi connectivity index (χ3v) is 8.06. The molecule has 3 aromatic rings. The third kappa shape index (κ3) is 5.96. The molecule has 0 aliphatic heterocycles. The van der Waals surface area contributed by atoms with Crippen LogP contribution in [0.4, 0.5) is 13.2 Å². The minimum atomic E-state index is -4.45. The minimum absolute atomic E-state index is 0.00559. The number of rotatable bonds is 6. The highest BCUT2D eigenvalue weighted by Gasteiger charge is 2.37. The Labute approximate surface area is 225 Å². The number of aliphatic hydroxyl groups excluding tert-OH is 1. The number of hydrogen-bond donors (Lipinski definition) is 2. The van der Waals surface area contributed by atoms with Gasteiger partial charge in [-0.15, -0.1) is 0 Å². The van der Waals surface area contributed by atoms with Gasteiger partial charge in [-0.05, 0) is 65.8 Å². The Morgan fingerprint density at radius 1 is 1.03 bits per heavy atom. The molecule has 0 saturated heterocycles. The van der Waals surface area contributed by atoms with Gasteiger partial charge in [-0.25, -0.2) is 9.78 Å². The highest BCUT2D eigenvalue weighted by atomic mass is 19.4. The topological polar surface area (TPSA) is 79.7 Å². The predicted molar refractivity (Wildman–Crippen MR) is 141 cm³/mol. The molecule has 6 rings (SSSR count). The molecule has 0 unspecified atom stereocenters. The average Bonchev–Trinajstić information content (AvgIpc) is 3.71. The number of aliphatic hydroxyl groups is 1. The zero-order chi connectivity index (χ0) is 27.6. The van der Waals surface area contributed by atoms with Crippen LogP contribution >= 0.6 is 0 Å². The molecule has 5 nitrogen and oxygen atoms in total. The maximum Gasteiger partial charge on any atom is 0.422 e. The van der Waals surface area contributed by atoms with Gasteiger partial charge in [-0.3, -0.25) is 0 Å². The number of carboxylic acids is 1. The number of aromatic carboxylic acids is 1. The number of hydrogen-bond acceptors (Lipinski definition) is 4. The standard InChI is InChI=1S/C20H22O.C11H10F3NO3/c21-14-20(11-4-1-5-12-20)19-10-6-9-17-16-8-3-2-7-15(16)13-18(17)19;12-11(13,14)5-18-9-3-8(10(16)17)15-4-7(9)6-1-2-6/h2-3,6-10,21H,1,4-5,11-14H2;3-4,6H,1-2,5H2,(H,16,17). The fourth-order valence-corrected chi connectivity index (χ4v) is 5.95. The summed E-state index contributed by atoms with van der Waals surface area (Å²) in [6.45, 7) is -1.14. The van der Waals surface area contributed by atoms with E-state index < -0.39 is 18.8 Å². The molecule has 206 valence electrons. The second kappa shape index (κ2) is 11.0. The normalized spacial score (nSPS) is 17.4. The molecular weight excluding hydrogens is 507 g/mol. The van der Waals surface area contributed by atoms with Gasteiger partial charge in [0.15, 0.2) is 12.3 Å². The number of halogens is 3. The Balaban J connectivity index is 0.000000160. The van der Waals surface area contributed by atoms with E-state index in [0.717, 1.165) is 38.2 Å². The highest BCUT2D eigenvalue weighted by Crippen LogP contribution is 2.47. The molecule has 0 atom stereocenters. The molecule has 2 fully saturated rings. The Morgan fingerprint density at radius 3 is 2.41 bits per heavy atom. The summed E-state index contributed by atoms with van der Waals surface area (Å²) in [4.78, 5) is 14.4. The highest BCUT2D eigenvalue weighted by molar-refractivity contribution is 5.85. The van der Waals surface area contributed by atoms with Crippen molar-refractivity contribution in [2.75, 3.05) is 13.2 Å². The first-order valence-electron chi connectivity index (χ1n) is 13.4. The van der Waals surface area contributed by atoms with Crippen LogP contribution < -0.4 is 4.74 Å². The summed E-state index contributed by atoms with van der Waals surface area (Å²) in [7, 11) is 0. The van der Waals surface area contributed by atoms with Crippen LogP contribution in [0, 0.1) is 0 Å². The molecule has 2 N–H and O–H groups in total. The van der Waals surface area contributed by atoms with Crippen molar-refractivity contribution in [2.45, 2.75) is 68.9 Å². The molecule has 8 heteroatoms. The number of nitrogens with zero attached hydrogens (tertiary/aromatic N) is 1. The first-order valence-corrected chi connectivity index (χ1v) is 13.4. The van der Waals surface area contributed by atoms with Crippen LogP contribution in [0.25, 0.3) is 11.1 Å². The predicted octanol–water partition coefficient (Wildman–Crippen LogP) is 7.05. The van der Waals surface area contributed by atoms with Gasteiger partial charge in [0.2, 0.25) is 0 Å². The summed E-state index contributed by atoms with van der Waals surface area (Å²) >= 11 is 0. The number of carbonyl (C=O) groups is 1. The van der Waals surface area contributed by atoms with Crippen molar-refractivity contribution in [1.82, 2.24) is 4.98 Å². The van der Waals surface area contributed by atoms with Crippen molar-refractivity contribution in [3.63, 3.8) is 0 Å². The molecule has 2 aromatic carbocycles. The van der Waals surface area contributed by atoms with E-state index in [1.807, 2.05) is 0 Å². The number of ether oxygens (including phenoxy) is 1. The molecule has 1 aromatic heterocycles. The number of pyridine rings is 1. The van der Waals surface area contributed by atoms with E-state index in [2.05, 4.69) is 52.2 Å². The maximum absolute atomic E-state index is 12.1. The van der Waals surface area contributed by atoms with Crippen LogP contribution in [0.15, 0.2) is 54.7 Å². The zero-order valence-electron chi connectivity index (χ0n) is 21.6. The van der Waals surface area contributed by atoms with Crippen LogP contribution in [0.5, 0.6) is 5.75 Å². The van der Waals surface area contributed by atoms with Crippen molar-refractivity contribution >= 4 is 5.97 Å². The summed E-state index contributed by atoms with van der Waals surface area (Å²) in [6.07, 6.45) is 5.66. The van der Waals surface area contributed by atoms with Gasteiger partial charge in [-0.1, -0.05) is 61.7 Å². The number of carboxylic acid groups (broad SMARTS) is 1. The lowest BCUT2D eigenvalue weighted by Gasteiger charge is -2.37. The van der Waals surface area contributed by atoms with Crippen molar-refractivity contribution in [3.05, 3.63) is 82.7 Å². The van der Waals surface area contributed by atoms with Gasteiger partial charge < -0.3 is 14.9 Å². The monoisotopic (exact) mass is 539 g/mol. The van der Waals surface area contributed by atoms with E-state index in [0.29, 0.717) is 12.2 Å². The fourth-order valence-electron chi connectivity index (χ4n) is 5.95. The summed E-state index contributed by atoms with van der Waals surface area (Å²) in [5.41, 5.74) is 7.32. The molecular formula is C31H32F3NO4. The van der Waals surface area contributed by atoms with E-state index in [1.165, 1.54) is 53.3 Å². The fraction of sp³-hybridized carbons (Fsp3) is 0.419. The molecule has 0 bridgehead atoms. The number of alkyl halides is 3. The van der Waals surface area contributed by atoms with Crippen molar-refractivity contribution in [1.29, 1.82) is 0 Å². The lowest BCUT2D eigenvalue weighted by molar-refractivity contribution is -0.153. The maximum atomic E-state index is 12.1. The Bertz CT molecular complexity index is 1340. The SMILES string of the molecule is O=C(O)c1cc(OCC(F)(F)F)c(C2CC2)cn1.OCC1(c2cccc3c2Cc2ccccc2-3)CCCCC1. The van der Waals surface area contributed by atoms with E-state index in [1.54, 1.807) is 0 Å². The molecule has 2 saturated carbocycles. The van der Waals surface area contributed by atoms with Crippen molar-refractivity contribution in [2.24, 2.45) is 0 Å². The van der Waals surface area contributed by atoms with E-state index in [4.69, 9.17) is 5.11 Å². The van der Waals surface area contributed by atoms with Gasteiger partial charge in [0.25, 0.3) is 0 Å². The second-order valence-electron chi connectivity index (χ2n) is 10.8. The summed E-state index contributed by atoms with van der Waals surface area (Å²) in [6, 6.07) is 16.5. The van der Waals surface area contributed by atoms with Crippen LogP contribution in [0.1, 0.15) is 83.6 Å². The second-order valence-corrected chi connectivity index (χ2v) is 10.8. The largest absolute Gasteiger partial charge is 0.484 e. The van der Waals surface area contributed by atoms with E-state index in [-0.39, 0.29) is 22.8 Å². The van der Waals surface area contributed by atoms with Gasteiger partial charge in [0.1, 0.15) is 5.75 Å². The van der Waals surface area contributed by atoms with Crippen molar-refractivity contribution in [3.8, 4) is 16.9 Å². The smallest absolute Gasteiger partial charge is 0.422 e. The van der Waals surface area contributed by atoms with Crippen molar-refractivity contribution < 1.29 is 32.9 Å². The Morgan fingerprint density at radius 2 is 1.74 bits per heavy atom. The van der Waals surface area contributed by atoms with E-state index >= 15 is 0 Å². The summed E-state index contributed by atoms with van der Waals surface area (Å²) in [5.74, 6) is -1.21. The van der Waals surface area contributed by atoms with Crippen LogP contribution in [-0.4, -0.2) is 40.6 Å². The number of benzene rings is 2. The average molecular weight is 540 g/mol. The first-order chi connectivity index (χ1) is 18.7. The number of fused-ring (bicyclic) bond motifs is 3. The van der Waals surface area contributed by atoms with Gasteiger partial charge >= 0.3 is 12.1 Å². The Hall–Kier alpha value is -3.39. The third-order valence-electron chi connectivity index (χ3n) is 8.06. The van der Waals surface area contributed by atoms with Crippen LogP contribution in [-0.2, 0) is 11.8 Å². The summed E-state index contributed by atoms with van der Waals surface area (Å²) < 4.78 is 40.9. The van der Waals surface area contributed by atoms with Crippen LogP contribution in [0.2, 0.25) is 0 Å². The number of aromatic nitrogens is 1. The Kier molecular flexibility index (Phi) is 7.67. The van der Waals surface area contributed by atoms with Gasteiger partial charge in [0.05, 0.1) is 6.61 Å². The molecule has 3 aliphatic carbocycles. The quantitative estimate of drug-likeness (QED) is 0.275. The van der Waals surface area contributed by atoms with Gasteiger partial charge in [0, 0.05) is 23.2 Å². The van der Waals surface area contributed by atoms with E-state index in [9.17, 15) is 23.1 Å². The lowest BCUT2D eigenvalue weighted by Crippen LogP contribution is -2.34. The first kappa shape index (κ1) is 27.2.